The van der Waals surface area contributed by atoms with E-state index in [4.69, 9.17) is 0 Å². The van der Waals surface area contributed by atoms with Crippen molar-refractivity contribution in [1.82, 2.24) is 0 Å². The first-order chi connectivity index (χ1) is 7.42. The smallest absolute Gasteiger partial charge is 0.384 e. The van der Waals surface area contributed by atoms with Crippen molar-refractivity contribution in [1.29, 1.82) is 0 Å². The molecule has 0 aliphatic heterocycles. The van der Waals surface area contributed by atoms with Gasteiger partial charge in [0.05, 0.1) is 13.2 Å². The van der Waals surface area contributed by atoms with Gasteiger partial charge in [-0.2, -0.15) is 34.8 Å². The van der Waals surface area contributed by atoms with Gasteiger partial charge in [0, 0.05) is 7.11 Å². The third-order valence-corrected chi connectivity index (χ3v) is 2.55. The summed E-state index contributed by atoms with van der Waals surface area (Å²) in [5, 5.41) is 0. The number of alkyl halides is 6. The van der Waals surface area contributed by atoms with Crippen molar-refractivity contribution in [2.24, 2.45) is 5.92 Å². The minimum absolute atomic E-state index is 0.886. The Morgan fingerprint density at radius 1 is 1.06 bits per heavy atom. The summed E-state index contributed by atoms with van der Waals surface area (Å²) in [6, 6.07) is 0. The Hall–Kier alpha value is -0.550. The van der Waals surface area contributed by atoms with Gasteiger partial charge in [-0.1, -0.05) is 0 Å². The predicted molar refractivity (Wildman–Crippen MR) is 42.3 cm³/mol. The van der Waals surface area contributed by atoms with Crippen LogP contribution in [-0.2, 0) is 19.0 Å². The van der Waals surface area contributed by atoms with E-state index in [9.17, 15) is 34.8 Å². The quantitative estimate of drug-likeness (QED) is 0.439. The molecule has 1 unspecified atom stereocenters. The summed E-state index contributed by atoms with van der Waals surface area (Å²) in [6.45, 7) is -2.68. The Kier molecular flexibility index (Phi) is 5.22. The molecule has 0 N–H and O–H groups in total. The zero-order valence-electron chi connectivity index (χ0n) is 8.30. The average Bonchev–Trinajstić information content (AvgIpc) is 2.08. The number of methoxy groups -OCH3 is 1. The zero-order chi connectivity index (χ0) is 13.9. The van der Waals surface area contributed by atoms with E-state index in [1.54, 1.807) is 0 Å². The molecule has 0 saturated carbocycles. The SMILES string of the molecule is COCC(COS(=O)(=O)C(F)(F)F)C(F)(F)F. The van der Waals surface area contributed by atoms with Crippen LogP contribution in [0.4, 0.5) is 26.3 Å². The highest BCUT2D eigenvalue weighted by molar-refractivity contribution is 7.87. The second-order valence-electron chi connectivity index (χ2n) is 2.88. The Balaban J connectivity index is 4.64. The van der Waals surface area contributed by atoms with Crippen molar-refractivity contribution < 1.29 is 43.7 Å². The van der Waals surface area contributed by atoms with E-state index in [-0.39, 0.29) is 0 Å². The van der Waals surface area contributed by atoms with Gasteiger partial charge >= 0.3 is 21.8 Å². The van der Waals surface area contributed by atoms with E-state index >= 15 is 0 Å². The van der Waals surface area contributed by atoms with E-state index in [1.165, 1.54) is 0 Å². The summed E-state index contributed by atoms with van der Waals surface area (Å²) in [6.07, 6.45) is -4.92. The first-order valence-electron chi connectivity index (χ1n) is 3.93. The maximum absolute atomic E-state index is 12.1. The minimum Gasteiger partial charge on any atom is -0.384 e. The number of halogens is 6. The molecule has 0 radical (unpaired) electrons. The second kappa shape index (κ2) is 5.40. The normalized spacial score (nSPS) is 15.9. The Morgan fingerprint density at radius 2 is 1.53 bits per heavy atom. The van der Waals surface area contributed by atoms with Crippen LogP contribution in [0, 0.1) is 5.92 Å². The average molecular weight is 290 g/mol. The molecule has 0 aliphatic carbocycles. The summed E-state index contributed by atoms with van der Waals surface area (Å²) in [5.74, 6) is -2.45. The topological polar surface area (TPSA) is 52.6 Å². The first kappa shape index (κ1) is 16.4. The molecule has 11 heteroatoms. The lowest BCUT2D eigenvalue weighted by atomic mass is 10.2. The van der Waals surface area contributed by atoms with Crippen molar-refractivity contribution in [2.75, 3.05) is 20.3 Å². The van der Waals surface area contributed by atoms with Crippen molar-refractivity contribution in [3.05, 3.63) is 0 Å². The molecule has 0 spiro atoms. The minimum atomic E-state index is -6.03. The van der Waals surface area contributed by atoms with Crippen LogP contribution in [0.5, 0.6) is 0 Å². The van der Waals surface area contributed by atoms with Gasteiger partial charge in [-0.15, -0.1) is 0 Å². The summed E-state index contributed by atoms with van der Waals surface area (Å²) in [7, 11) is -5.14. The highest BCUT2D eigenvalue weighted by Crippen LogP contribution is 2.30. The predicted octanol–water partition coefficient (Wildman–Crippen LogP) is 1.68. The summed E-state index contributed by atoms with van der Waals surface area (Å²) in [5.41, 5.74) is -5.75. The van der Waals surface area contributed by atoms with E-state index in [0.29, 0.717) is 0 Å². The van der Waals surface area contributed by atoms with Crippen LogP contribution < -0.4 is 0 Å². The second-order valence-corrected chi connectivity index (χ2v) is 4.49. The maximum Gasteiger partial charge on any atom is 0.523 e. The third-order valence-electron chi connectivity index (χ3n) is 1.54. The van der Waals surface area contributed by atoms with Crippen LogP contribution >= 0.6 is 0 Å². The molecule has 104 valence electrons. The van der Waals surface area contributed by atoms with Crippen LogP contribution in [0.1, 0.15) is 0 Å². The molecule has 0 amide bonds. The van der Waals surface area contributed by atoms with Crippen LogP contribution in [-0.4, -0.2) is 40.4 Å². The fourth-order valence-electron chi connectivity index (χ4n) is 0.677. The van der Waals surface area contributed by atoms with Gasteiger partial charge in [0.2, 0.25) is 0 Å². The molecule has 0 aromatic heterocycles. The Labute approximate surface area is 92.6 Å². The fraction of sp³-hybridized carbons (Fsp3) is 1.00. The van der Waals surface area contributed by atoms with E-state index in [0.717, 1.165) is 7.11 Å². The molecule has 4 nitrogen and oxygen atoms in total. The molecular weight excluding hydrogens is 282 g/mol. The Morgan fingerprint density at radius 3 is 1.82 bits per heavy atom. The number of hydrogen-bond donors (Lipinski definition) is 0. The number of hydrogen-bond acceptors (Lipinski definition) is 4. The first-order valence-corrected chi connectivity index (χ1v) is 5.34. The number of rotatable bonds is 5. The molecule has 0 rings (SSSR count). The highest BCUT2D eigenvalue weighted by Gasteiger charge is 2.49. The van der Waals surface area contributed by atoms with E-state index < -0.39 is 40.9 Å². The van der Waals surface area contributed by atoms with Crippen LogP contribution in [0.3, 0.4) is 0 Å². The van der Waals surface area contributed by atoms with Crippen molar-refractivity contribution in [3.63, 3.8) is 0 Å². The van der Waals surface area contributed by atoms with Gasteiger partial charge in [0.15, 0.2) is 0 Å². The Bertz CT molecular complexity index is 331. The molecule has 0 bridgehead atoms. The van der Waals surface area contributed by atoms with Crippen molar-refractivity contribution in [3.8, 4) is 0 Å². The van der Waals surface area contributed by atoms with Gasteiger partial charge in [0.1, 0.15) is 5.92 Å². The van der Waals surface area contributed by atoms with Gasteiger partial charge in [-0.3, -0.25) is 4.18 Å². The molecule has 0 aromatic carbocycles. The van der Waals surface area contributed by atoms with Gasteiger partial charge in [0.25, 0.3) is 0 Å². The lowest BCUT2D eigenvalue weighted by molar-refractivity contribution is -0.193. The standard InChI is InChI=1S/C6H8F6O4S/c1-15-2-4(5(7,8)9)3-16-17(13,14)6(10,11)12/h4H,2-3H2,1H3. The van der Waals surface area contributed by atoms with Crippen molar-refractivity contribution in [2.45, 2.75) is 11.7 Å². The monoisotopic (exact) mass is 290 g/mol. The van der Waals surface area contributed by atoms with Crippen LogP contribution in [0.15, 0.2) is 0 Å². The zero-order valence-corrected chi connectivity index (χ0v) is 9.12. The molecule has 1 atom stereocenters. The van der Waals surface area contributed by atoms with Crippen LogP contribution in [0.25, 0.3) is 0 Å². The lowest BCUT2D eigenvalue weighted by Gasteiger charge is -2.19. The number of ether oxygens (including phenoxy) is 1. The largest absolute Gasteiger partial charge is 0.523 e. The highest BCUT2D eigenvalue weighted by atomic mass is 32.2. The molecule has 0 saturated heterocycles. The summed E-state index contributed by atoms with van der Waals surface area (Å²) < 4.78 is 99.7. The van der Waals surface area contributed by atoms with E-state index in [2.05, 4.69) is 8.92 Å². The molecular formula is C6H8F6O4S. The van der Waals surface area contributed by atoms with Crippen LogP contribution in [0.2, 0.25) is 0 Å². The summed E-state index contributed by atoms with van der Waals surface area (Å²) in [4.78, 5) is 0. The van der Waals surface area contributed by atoms with E-state index in [1.807, 2.05) is 0 Å². The molecule has 0 aromatic rings. The summed E-state index contributed by atoms with van der Waals surface area (Å²) >= 11 is 0. The molecule has 0 fully saturated rings. The van der Waals surface area contributed by atoms with Gasteiger partial charge < -0.3 is 4.74 Å². The third kappa shape index (κ3) is 5.08. The van der Waals surface area contributed by atoms with Crippen molar-refractivity contribution >= 4 is 10.1 Å². The molecule has 17 heavy (non-hydrogen) atoms. The molecule has 0 aliphatic rings. The maximum atomic E-state index is 12.1. The van der Waals surface area contributed by atoms with Gasteiger partial charge in [-0.25, -0.2) is 0 Å². The van der Waals surface area contributed by atoms with Gasteiger partial charge in [-0.05, 0) is 0 Å². The lowest BCUT2D eigenvalue weighted by Crippen LogP contribution is -2.35. The molecule has 0 heterocycles. The fourth-order valence-corrected chi connectivity index (χ4v) is 1.15.